The molecule has 1 aliphatic rings. The third kappa shape index (κ3) is 2.77. The first-order chi connectivity index (χ1) is 10.8. The van der Waals surface area contributed by atoms with E-state index in [1.807, 2.05) is 22.7 Å². The molecule has 0 unspecified atom stereocenters. The molecule has 2 aromatic heterocycles. The summed E-state index contributed by atoms with van der Waals surface area (Å²) in [6.07, 6.45) is 2.07. The summed E-state index contributed by atoms with van der Waals surface area (Å²) in [5.74, 6) is 0. The van der Waals surface area contributed by atoms with E-state index in [0.29, 0.717) is 0 Å². The summed E-state index contributed by atoms with van der Waals surface area (Å²) in [5, 5.41) is 5.68. The predicted octanol–water partition coefficient (Wildman–Crippen LogP) is 2.21. The first kappa shape index (κ1) is 13.9. The van der Waals surface area contributed by atoms with E-state index in [2.05, 4.69) is 40.3 Å². The van der Waals surface area contributed by atoms with Gasteiger partial charge in [-0.25, -0.2) is 9.50 Å². The van der Waals surface area contributed by atoms with Gasteiger partial charge in [-0.3, -0.25) is 4.90 Å². The SMILES string of the molecule is CN1CCN(Cc2cn3nc(-c4ccccc4)sc3n2)CC1. The Labute approximate surface area is 133 Å². The number of rotatable bonds is 3. The number of fused-ring (bicyclic) bond motifs is 1. The molecule has 0 atom stereocenters. The van der Waals surface area contributed by atoms with Crippen molar-refractivity contribution in [3.05, 3.63) is 42.2 Å². The van der Waals surface area contributed by atoms with Gasteiger partial charge in [-0.2, -0.15) is 5.10 Å². The van der Waals surface area contributed by atoms with Gasteiger partial charge < -0.3 is 4.90 Å². The summed E-state index contributed by atoms with van der Waals surface area (Å²) in [4.78, 5) is 10.5. The van der Waals surface area contributed by atoms with Gasteiger partial charge in [0.05, 0.1) is 11.9 Å². The third-order valence-corrected chi connectivity index (χ3v) is 5.07. The van der Waals surface area contributed by atoms with Gasteiger partial charge in [-0.05, 0) is 7.05 Å². The van der Waals surface area contributed by atoms with Crippen LogP contribution in [0.1, 0.15) is 5.69 Å². The second-order valence-corrected chi connectivity index (χ2v) is 6.77. The van der Waals surface area contributed by atoms with E-state index in [-0.39, 0.29) is 0 Å². The zero-order chi connectivity index (χ0) is 14.9. The van der Waals surface area contributed by atoms with E-state index in [4.69, 9.17) is 4.98 Å². The molecule has 6 heteroatoms. The highest BCUT2D eigenvalue weighted by Crippen LogP contribution is 2.25. The highest BCUT2D eigenvalue weighted by molar-refractivity contribution is 7.19. The molecule has 5 nitrogen and oxygen atoms in total. The number of hydrogen-bond donors (Lipinski definition) is 0. The van der Waals surface area contributed by atoms with Gasteiger partial charge in [0.15, 0.2) is 0 Å². The summed E-state index contributed by atoms with van der Waals surface area (Å²) in [7, 11) is 2.18. The average molecular weight is 313 g/mol. The molecule has 4 rings (SSSR count). The van der Waals surface area contributed by atoms with Crippen LogP contribution < -0.4 is 0 Å². The number of piperazine rings is 1. The summed E-state index contributed by atoms with van der Waals surface area (Å²) in [5.41, 5.74) is 2.27. The molecule has 22 heavy (non-hydrogen) atoms. The Morgan fingerprint density at radius 2 is 1.86 bits per heavy atom. The Morgan fingerprint density at radius 1 is 1.09 bits per heavy atom. The van der Waals surface area contributed by atoms with Crippen LogP contribution in [0.25, 0.3) is 15.5 Å². The molecule has 1 fully saturated rings. The Bertz CT molecular complexity index is 724. The van der Waals surface area contributed by atoms with Gasteiger partial charge in [0, 0.05) is 38.3 Å². The average Bonchev–Trinajstić information content (AvgIpc) is 3.09. The van der Waals surface area contributed by atoms with Gasteiger partial charge in [0.2, 0.25) is 4.96 Å². The van der Waals surface area contributed by atoms with Crippen LogP contribution in [0.3, 0.4) is 0 Å². The molecule has 0 radical (unpaired) electrons. The monoisotopic (exact) mass is 313 g/mol. The lowest BCUT2D eigenvalue weighted by Gasteiger charge is -2.31. The summed E-state index contributed by atoms with van der Waals surface area (Å²) in [6, 6.07) is 10.3. The fraction of sp³-hybridized carbons (Fsp3) is 0.375. The van der Waals surface area contributed by atoms with Crippen molar-refractivity contribution in [2.75, 3.05) is 33.2 Å². The molecule has 1 aliphatic heterocycles. The first-order valence-corrected chi connectivity index (χ1v) is 8.41. The van der Waals surface area contributed by atoms with Crippen molar-refractivity contribution in [2.45, 2.75) is 6.54 Å². The van der Waals surface area contributed by atoms with Crippen molar-refractivity contribution in [3.63, 3.8) is 0 Å². The smallest absolute Gasteiger partial charge is 0.212 e. The first-order valence-electron chi connectivity index (χ1n) is 7.59. The number of benzene rings is 1. The van der Waals surface area contributed by atoms with Gasteiger partial charge in [0.25, 0.3) is 0 Å². The topological polar surface area (TPSA) is 36.7 Å². The molecule has 0 saturated carbocycles. The maximum atomic E-state index is 4.74. The van der Waals surface area contributed by atoms with Crippen LogP contribution in [-0.2, 0) is 6.54 Å². The standard InChI is InChI=1S/C16H19N5S/c1-19-7-9-20(10-8-19)11-14-12-21-16(17-14)22-15(18-21)13-5-3-2-4-6-13/h2-6,12H,7-11H2,1H3. The molecule has 1 saturated heterocycles. The minimum atomic E-state index is 0.921. The van der Waals surface area contributed by atoms with Crippen molar-refractivity contribution in [1.82, 2.24) is 24.4 Å². The predicted molar refractivity (Wildman–Crippen MR) is 89.1 cm³/mol. The van der Waals surface area contributed by atoms with E-state index in [1.54, 1.807) is 11.3 Å². The van der Waals surface area contributed by atoms with Crippen LogP contribution in [0.4, 0.5) is 0 Å². The molecular weight excluding hydrogens is 294 g/mol. The van der Waals surface area contributed by atoms with E-state index >= 15 is 0 Å². The summed E-state index contributed by atoms with van der Waals surface area (Å²) in [6.45, 7) is 5.43. The number of aromatic nitrogens is 3. The lowest BCUT2D eigenvalue weighted by atomic mass is 10.2. The second kappa shape index (κ2) is 5.79. The molecule has 3 aromatic rings. The highest BCUT2D eigenvalue weighted by Gasteiger charge is 2.16. The van der Waals surface area contributed by atoms with Crippen LogP contribution in [-0.4, -0.2) is 57.6 Å². The molecule has 0 aliphatic carbocycles. The van der Waals surface area contributed by atoms with Gasteiger partial charge in [0.1, 0.15) is 5.01 Å². The molecular formula is C16H19N5S. The lowest BCUT2D eigenvalue weighted by molar-refractivity contribution is 0.147. The van der Waals surface area contributed by atoms with Crippen molar-refractivity contribution in [2.24, 2.45) is 0 Å². The highest BCUT2D eigenvalue weighted by atomic mass is 32.1. The molecule has 0 spiro atoms. The minimum absolute atomic E-state index is 0.921. The largest absolute Gasteiger partial charge is 0.304 e. The fourth-order valence-electron chi connectivity index (χ4n) is 2.75. The zero-order valence-corrected chi connectivity index (χ0v) is 13.5. The molecule has 0 amide bonds. The van der Waals surface area contributed by atoms with E-state index < -0.39 is 0 Å². The van der Waals surface area contributed by atoms with Gasteiger partial charge in [-0.1, -0.05) is 41.7 Å². The van der Waals surface area contributed by atoms with Crippen LogP contribution in [0.15, 0.2) is 36.5 Å². The molecule has 1 aromatic carbocycles. The van der Waals surface area contributed by atoms with E-state index in [9.17, 15) is 0 Å². The lowest BCUT2D eigenvalue weighted by Crippen LogP contribution is -2.43. The third-order valence-electron chi connectivity index (χ3n) is 4.10. The maximum absolute atomic E-state index is 4.74. The van der Waals surface area contributed by atoms with Crippen molar-refractivity contribution in [3.8, 4) is 10.6 Å². The maximum Gasteiger partial charge on any atom is 0.212 e. The van der Waals surface area contributed by atoms with E-state index in [0.717, 1.165) is 53.9 Å². The summed E-state index contributed by atoms with van der Waals surface area (Å²) < 4.78 is 1.92. The second-order valence-electron chi connectivity index (χ2n) is 5.81. The van der Waals surface area contributed by atoms with E-state index in [1.165, 1.54) is 0 Å². The number of hydrogen-bond acceptors (Lipinski definition) is 5. The van der Waals surface area contributed by atoms with Crippen LogP contribution >= 0.6 is 11.3 Å². The molecule has 0 bridgehead atoms. The minimum Gasteiger partial charge on any atom is -0.304 e. The van der Waals surface area contributed by atoms with Crippen molar-refractivity contribution in [1.29, 1.82) is 0 Å². The Hall–Kier alpha value is -1.76. The van der Waals surface area contributed by atoms with Gasteiger partial charge >= 0.3 is 0 Å². The quantitative estimate of drug-likeness (QED) is 0.743. The Kier molecular flexibility index (Phi) is 3.65. The summed E-state index contributed by atoms with van der Waals surface area (Å²) >= 11 is 1.65. The van der Waals surface area contributed by atoms with Crippen LogP contribution in [0.5, 0.6) is 0 Å². The van der Waals surface area contributed by atoms with Crippen LogP contribution in [0, 0.1) is 0 Å². The Balaban J connectivity index is 1.51. The number of nitrogens with zero attached hydrogens (tertiary/aromatic N) is 5. The molecule has 0 N–H and O–H groups in total. The number of imidazole rings is 1. The zero-order valence-electron chi connectivity index (χ0n) is 12.6. The van der Waals surface area contributed by atoms with Gasteiger partial charge in [-0.15, -0.1) is 0 Å². The molecule has 3 heterocycles. The Morgan fingerprint density at radius 3 is 2.59 bits per heavy atom. The van der Waals surface area contributed by atoms with Crippen LogP contribution in [0.2, 0.25) is 0 Å². The number of likely N-dealkylation sites (N-methyl/N-ethyl adjacent to an activating group) is 1. The fourth-order valence-corrected chi connectivity index (χ4v) is 3.66. The van der Waals surface area contributed by atoms with Crippen molar-refractivity contribution >= 4 is 16.3 Å². The normalized spacial score (nSPS) is 17.3. The van der Waals surface area contributed by atoms with Crippen molar-refractivity contribution < 1.29 is 0 Å². The molecule has 114 valence electrons.